The summed E-state index contributed by atoms with van der Waals surface area (Å²) >= 11 is 0. The molecule has 0 saturated heterocycles. The second-order valence-corrected chi connectivity index (χ2v) is 12.8. The first-order chi connectivity index (χ1) is 9.34. The van der Waals surface area contributed by atoms with Gasteiger partial charge in [-0.1, -0.05) is 64.2 Å². The van der Waals surface area contributed by atoms with Gasteiger partial charge in [-0.15, -0.1) is 0 Å². The fourth-order valence-corrected chi connectivity index (χ4v) is 12.7. The second-order valence-electron chi connectivity index (χ2n) is 7.12. The Morgan fingerprint density at radius 1 is 0.632 bits per heavy atom. The minimum atomic E-state index is -1.86. The van der Waals surface area contributed by atoms with Gasteiger partial charge >= 0.3 is 9.28 Å². The maximum Gasteiger partial charge on any atom is 0.311 e. The lowest BCUT2D eigenvalue weighted by molar-refractivity contribution is 0.381. The molecule has 3 saturated carbocycles. The van der Waals surface area contributed by atoms with Crippen LogP contribution in [0.1, 0.15) is 77.0 Å². The summed E-state index contributed by atoms with van der Waals surface area (Å²) in [5.74, 6) is 0. The Kier molecular flexibility index (Phi) is 5.17. The van der Waals surface area contributed by atoms with Gasteiger partial charge in [-0.25, -0.2) is 0 Å². The molecule has 0 bridgehead atoms. The summed E-state index contributed by atoms with van der Waals surface area (Å²) in [6.07, 6.45) is 16.5. The van der Waals surface area contributed by atoms with Crippen molar-refractivity contribution in [2.75, 3.05) is 0 Å². The van der Waals surface area contributed by atoms with Crippen molar-refractivity contribution in [3.8, 4) is 0 Å². The van der Waals surface area contributed by atoms with Crippen molar-refractivity contribution in [1.29, 1.82) is 0 Å². The smallest absolute Gasteiger partial charge is 0.311 e. The standard InChI is InChI=1S/C15H30O2Si2/c16-19(15-11-5-6-12-15)17-18(13-7-1-2-8-13)14-9-3-4-10-14/h13-16,18-19H,1-12H2. The lowest BCUT2D eigenvalue weighted by Gasteiger charge is -2.31. The number of hydrogen-bond acceptors (Lipinski definition) is 2. The third kappa shape index (κ3) is 3.52. The van der Waals surface area contributed by atoms with Crippen molar-refractivity contribution in [3.05, 3.63) is 0 Å². The second kappa shape index (κ2) is 6.88. The number of hydrogen-bond donors (Lipinski definition) is 1. The Morgan fingerprint density at radius 2 is 1.00 bits per heavy atom. The van der Waals surface area contributed by atoms with E-state index in [0.717, 1.165) is 11.1 Å². The van der Waals surface area contributed by atoms with E-state index in [9.17, 15) is 4.80 Å². The van der Waals surface area contributed by atoms with Gasteiger partial charge < -0.3 is 8.91 Å². The molecule has 0 aromatic heterocycles. The monoisotopic (exact) mass is 298 g/mol. The summed E-state index contributed by atoms with van der Waals surface area (Å²) in [6, 6.07) is 0. The molecule has 110 valence electrons. The molecule has 0 amide bonds. The molecule has 3 aliphatic rings. The van der Waals surface area contributed by atoms with Crippen LogP contribution in [-0.4, -0.2) is 23.1 Å². The Morgan fingerprint density at radius 3 is 1.42 bits per heavy atom. The SMILES string of the molecule is O[SiH](O[SiH](C1CCCC1)C1CCCC1)C1CCCC1. The van der Waals surface area contributed by atoms with Crippen LogP contribution >= 0.6 is 0 Å². The zero-order valence-electron chi connectivity index (χ0n) is 12.2. The van der Waals surface area contributed by atoms with Crippen molar-refractivity contribution in [1.82, 2.24) is 0 Å². The van der Waals surface area contributed by atoms with E-state index in [-0.39, 0.29) is 0 Å². The normalized spacial score (nSPS) is 28.7. The van der Waals surface area contributed by atoms with Gasteiger partial charge in [-0.2, -0.15) is 0 Å². The molecule has 1 N–H and O–H groups in total. The Labute approximate surface area is 121 Å². The summed E-state index contributed by atoms with van der Waals surface area (Å²) in [6.45, 7) is 0. The average molecular weight is 299 g/mol. The minimum Gasteiger partial charge on any atom is -0.440 e. The van der Waals surface area contributed by atoms with Gasteiger partial charge in [0.1, 0.15) is 0 Å². The predicted molar refractivity (Wildman–Crippen MR) is 84.3 cm³/mol. The molecule has 1 atom stereocenters. The van der Waals surface area contributed by atoms with Gasteiger partial charge in [0.15, 0.2) is 9.04 Å². The molecule has 3 fully saturated rings. The maximum absolute atomic E-state index is 10.6. The first-order valence-corrected chi connectivity index (χ1v) is 12.1. The number of rotatable bonds is 5. The largest absolute Gasteiger partial charge is 0.440 e. The van der Waals surface area contributed by atoms with Gasteiger partial charge in [-0.05, 0) is 29.5 Å². The summed E-state index contributed by atoms with van der Waals surface area (Å²) < 4.78 is 6.54. The van der Waals surface area contributed by atoms with Crippen LogP contribution in [0, 0.1) is 0 Å². The van der Waals surface area contributed by atoms with Crippen LogP contribution in [0.5, 0.6) is 0 Å². The highest BCUT2D eigenvalue weighted by atomic mass is 28.4. The van der Waals surface area contributed by atoms with Crippen LogP contribution in [0.4, 0.5) is 0 Å². The van der Waals surface area contributed by atoms with Crippen LogP contribution in [0.15, 0.2) is 0 Å². The van der Waals surface area contributed by atoms with Gasteiger partial charge in [-0.3, -0.25) is 0 Å². The zero-order chi connectivity index (χ0) is 13.1. The van der Waals surface area contributed by atoms with Gasteiger partial charge in [0.05, 0.1) is 0 Å². The molecular weight excluding hydrogens is 268 g/mol. The quantitative estimate of drug-likeness (QED) is 0.783. The fraction of sp³-hybridized carbons (Fsp3) is 1.00. The molecule has 0 aromatic rings. The van der Waals surface area contributed by atoms with E-state index < -0.39 is 18.3 Å². The molecule has 2 nitrogen and oxygen atoms in total. The van der Waals surface area contributed by atoms with E-state index in [1.165, 1.54) is 77.0 Å². The molecule has 0 spiro atoms. The molecule has 0 radical (unpaired) electrons. The molecule has 19 heavy (non-hydrogen) atoms. The van der Waals surface area contributed by atoms with Crippen molar-refractivity contribution >= 4 is 18.3 Å². The molecule has 0 aromatic carbocycles. The van der Waals surface area contributed by atoms with Crippen LogP contribution < -0.4 is 0 Å². The summed E-state index contributed by atoms with van der Waals surface area (Å²) in [7, 11) is -3.00. The molecule has 3 aliphatic carbocycles. The summed E-state index contributed by atoms with van der Waals surface area (Å²) in [5.41, 5.74) is 2.41. The van der Waals surface area contributed by atoms with E-state index in [2.05, 4.69) is 0 Å². The Balaban J connectivity index is 1.60. The highest BCUT2D eigenvalue weighted by Crippen LogP contribution is 2.44. The molecule has 1 unspecified atom stereocenters. The summed E-state index contributed by atoms with van der Waals surface area (Å²) in [5, 5.41) is 0. The molecule has 4 heteroatoms. The van der Waals surface area contributed by atoms with Gasteiger partial charge in [0.25, 0.3) is 0 Å². The topological polar surface area (TPSA) is 29.5 Å². The van der Waals surface area contributed by atoms with Crippen LogP contribution in [0.2, 0.25) is 16.6 Å². The highest BCUT2D eigenvalue weighted by molar-refractivity contribution is 6.65. The fourth-order valence-electron chi connectivity index (χ4n) is 4.69. The zero-order valence-corrected chi connectivity index (χ0v) is 14.5. The van der Waals surface area contributed by atoms with Crippen molar-refractivity contribution < 1.29 is 8.91 Å². The maximum atomic E-state index is 10.6. The van der Waals surface area contributed by atoms with Crippen molar-refractivity contribution in [2.24, 2.45) is 0 Å². The lowest BCUT2D eigenvalue weighted by Crippen LogP contribution is -2.37. The van der Waals surface area contributed by atoms with Crippen molar-refractivity contribution in [2.45, 2.75) is 93.7 Å². The highest BCUT2D eigenvalue weighted by Gasteiger charge is 2.39. The van der Waals surface area contributed by atoms with Crippen LogP contribution in [0.3, 0.4) is 0 Å². The van der Waals surface area contributed by atoms with Gasteiger partial charge in [0.2, 0.25) is 0 Å². The van der Waals surface area contributed by atoms with E-state index in [1.54, 1.807) is 0 Å². The van der Waals surface area contributed by atoms with E-state index in [1.807, 2.05) is 0 Å². The average Bonchev–Trinajstić information content (AvgIpc) is 3.17. The first-order valence-electron chi connectivity index (χ1n) is 8.68. The Hall–Kier alpha value is 0.354. The van der Waals surface area contributed by atoms with E-state index >= 15 is 0 Å². The molecule has 0 heterocycles. The van der Waals surface area contributed by atoms with Gasteiger partial charge in [0, 0.05) is 0 Å². The molecular formula is C15H30O2Si2. The van der Waals surface area contributed by atoms with Crippen LogP contribution in [0.25, 0.3) is 0 Å². The summed E-state index contributed by atoms with van der Waals surface area (Å²) in [4.78, 5) is 10.6. The minimum absolute atomic E-state index is 0.595. The first kappa shape index (κ1) is 14.3. The van der Waals surface area contributed by atoms with E-state index in [4.69, 9.17) is 4.12 Å². The van der Waals surface area contributed by atoms with Crippen LogP contribution in [-0.2, 0) is 4.12 Å². The van der Waals surface area contributed by atoms with Crippen molar-refractivity contribution in [3.63, 3.8) is 0 Å². The molecule has 3 rings (SSSR count). The predicted octanol–water partition coefficient (Wildman–Crippen LogP) is 3.77. The lowest BCUT2D eigenvalue weighted by atomic mass is 10.3. The molecule has 0 aliphatic heterocycles. The Bertz CT molecular complexity index is 253. The third-order valence-electron chi connectivity index (χ3n) is 5.83. The van der Waals surface area contributed by atoms with E-state index in [0.29, 0.717) is 5.54 Å². The third-order valence-corrected chi connectivity index (χ3v) is 12.9.